The van der Waals surface area contributed by atoms with Gasteiger partial charge in [0.05, 0.1) is 19.4 Å². The van der Waals surface area contributed by atoms with Gasteiger partial charge < -0.3 is 19.5 Å². The van der Waals surface area contributed by atoms with E-state index in [1.165, 1.54) is 12.3 Å². The predicted molar refractivity (Wildman–Crippen MR) is 84.6 cm³/mol. The first-order chi connectivity index (χ1) is 11.1. The van der Waals surface area contributed by atoms with Gasteiger partial charge in [-0.05, 0) is 12.8 Å². The van der Waals surface area contributed by atoms with Crippen LogP contribution in [0.15, 0.2) is 17.1 Å². The minimum Gasteiger partial charge on any atom is -0.503 e. The number of ether oxygens (including phenoxy) is 1. The van der Waals surface area contributed by atoms with E-state index in [2.05, 4.69) is 4.90 Å². The Morgan fingerprint density at radius 3 is 2.65 bits per heavy atom. The Bertz CT molecular complexity index is 578. The van der Waals surface area contributed by atoms with Gasteiger partial charge in [0.25, 0.3) is 0 Å². The highest BCUT2D eigenvalue weighted by Crippen LogP contribution is 2.12. The lowest BCUT2D eigenvalue weighted by Crippen LogP contribution is -2.36. The van der Waals surface area contributed by atoms with Gasteiger partial charge in [0.2, 0.25) is 5.43 Å². The number of carboxylic acid groups (broad SMARTS) is 1. The van der Waals surface area contributed by atoms with Crippen LogP contribution in [0.1, 0.15) is 31.4 Å². The summed E-state index contributed by atoms with van der Waals surface area (Å²) >= 11 is 0. The van der Waals surface area contributed by atoms with E-state index in [9.17, 15) is 14.7 Å². The van der Waals surface area contributed by atoms with Gasteiger partial charge in [-0.3, -0.25) is 14.5 Å². The topological polar surface area (TPSA) is 92.0 Å². The van der Waals surface area contributed by atoms with Crippen molar-refractivity contribution < 1.29 is 19.7 Å². The number of aliphatic carboxylic acids is 1. The largest absolute Gasteiger partial charge is 0.503 e. The van der Waals surface area contributed by atoms with Gasteiger partial charge in [0, 0.05) is 44.4 Å². The number of unbranched alkanes of at least 4 members (excludes halogenated alkanes) is 2. The molecule has 7 nitrogen and oxygen atoms in total. The Hall–Kier alpha value is -1.86. The molecule has 0 aliphatic carbocycles. The Kier molecular flexibility index (Phi) is 6.61. The minimum atomic E-state index is -0.779. The molecule has 0 amide bonds. The first kappa shape index (κ1) is 17.5. The summed E-state index contributed by atoms with van der Waals surface area (Å²) in [4.78, 5) is 24.4. The predicted octanol–water partition coefficient (Wildman–Crippen LogP) is 1.03. The standard InChI is InChI=1S/C16H24N2O5/c19-14-10-13(11-17-6-8-23-9-7-17)18(12-15(14)20)5-3-1-2-4-16(21)22/h10,12,20H,1-9,11H2,(H,21,22). The van der Waals surface area contributed by atoms with Gasteiger partial charge in [-0.15, -0.1) is 0 Å². The number of carbonyl (C=O) groups is 1. The van der Waals surface area contributed by atoms with Crippen molar-refractivity contribution in [3.8, 4) is 5.75 Å². The number of aromatic hydroxyl groups is 1. The van der Waals surface area contributed by atoms with Crippen molar-refractivity contribution in [2.24, 2.45) is 0 Å². The molecule has 0 saturated carbocycles. The molecule has 1 aromatic heterocycles. The van der Waals surface area contributed by atoms with Gasteiger partial charge >= 0.3 is 5.97 Å². The van der Waals surface area contributed by atoms with Crippen molar-refractivity contribution in [3.63, 3.8) is 0 Å². The van der Waals surface area contributed by atoms with Gasteiger partial charge in [0.15, 0.2) is 5.75 Å². The summed E-state index contributed by atoms with van der Waals surface area (Å²) < 4.78 is 7.22. The summed E-state index contributed by atoms with van der Waals surface area (Å²) in [5.74, 6) is -1.03. The van der Waals surface area contributed by atoms with Crippen LogP contribution in [0.4, 0.5) is 0 Å². The van der Waals surface area contributed by atoms with Crippen LogP contribution in [-0.4, -0.2) is 52.0 Å². The Labute approximate surface area is 135 Å². The average Bonchev–Trinajstić information content (AvgIpc) is 2.52. The first-order valence-electron chi connectivity index (χ1n) is 8.00. The number of aromatic nitrogens is 1. The maximum absolute atomic E-state index is 11.7. The molecule has 1 fully saturated rings. The molecule has 1 saturated heterocycles. The second-order valence-corrected chi connectivity index (χ2v) is 5.80. The number of nitrogens with zero attached hydrogens (tertiary/aromatic N) is 2. The van der Waals surface area contributed by atoms with E-state index in [-0.39, 0.29) is 17.6 Å². The van der Waals surface area contributed by atoms with E-state index in [0.29, 0.717) is 32.7 Å². The third-order valence-electron chi connectivity index (χ3n) is 3.98. The van der Waals surface area contributed by atoms with Gasteiger partial charge in [-0.25, -0.2) is 0 Å². The third kappa shape index (κ3) is 5.69. The maximum Gasteiger partial charge on any atom is 0.303 e. The number of aryl methyl sites for hydroxylation is 1. The summed E-state index contributed by atoms with van der Waals surface area (Å²) in [6, 6.07) is 1.49. The summed E-state index contributed by atoms with van der Waals surface area (Å²) in [5.41, 5.74) is 0.503. The first-order valence-corrected chi connectivity index (χ1v) is 8.00. The van der Waals surface area contributed by atoms with E-state index in [1.807, 2.05) is 4.57 Å². The Morgan fingerprint density at radius 2 is 1.96 bits per heavy atom. The van der Waals surface area contributed by atoms with E-state index >= 15 is 0 Å². The highest BCUT2D eigenvalue weighted by atomic mass is 16.5. The van der Waals surface area contributed by atoms with Crippen molar-refractivity contribution in [1.82, 2.24) is 9.47 Å². The number of hydrogen-bond donors (Lipinski definition) is 2. The second kappa shape index (κ2) is 8.69. The Morgan fingerprint density at radius 1 is 1.22 bits per heavy atom. The lowest BCUT2D eigenvalue weighted by Gasteiger charge is -2.27. The maximum atomic E-state index is 11.7. The van der Waals surface area contributed by atoms with Crippen LogP contribution < -0.4 is 5.43 Å². The van der Waals surface area contributed by atoms with Gasteiger partial charge in [-0.1, -0.05) is 6.42 Å². The highest BCUT2D eigenvalue weighted by molar-refractivity contribution is 5.66. The van der Waals surface area contributed by atoms with Crippen LogP contribution in [0, 0.1) is 0 Å². The van der Waals surface area contributed by atoms with Crippen molar-refractivity contribution in [2.45, 2.75) is 38.8 Å². The number of carboxylic acids is 1. The fourth-order valence-corrected chi connectivity index (χ4v) is 2.67. The molecule has 0 unspecified atom stereocenters. The van der Waals surface area contributed by atoms with Crippen LogP contribution >= 0.6 is 0 Å². The molecule has 0 spiro atoms. The zero-order valence-electron chi connectivity index (χ0n) is 13.2. The molecule has 0 aromatic carbocycles. The molecule has 0 bridgehead atoms. The van der Waals surface area contributed by atoms with Gasteiger partial charge in [-0.2, -0.15) is 0 Å². The quantitative estimate of drug-likeness (QED) is 0.694. The van der Waals surface area contributed by atoms with E-state index in [1.54, 1.807) is 0 Å². The van der Waals surface area contributed by atoms with E-state index < -0.39 is 5.97 Å². The van der Waals surface area contributed by atoms with Crippen molar-refractivity contribution in [1.29, 1.82) is 0 Å². The average molecular weight is 324 g/mol. The minimum absolute atomic E-state index is 0.177. The van der Waals surface area contributed by atoms with Crippen molar-refractivity contribution >= 4 is 5.97 Å². The zero-order valence-corrected chi connectivity index (χ0v) is 13.2. The van der Waals surface area contributed by atoms with E-state index in [4.69, 9.17) is 9.84 Å². The molecule has 0 atom stereocenters. The molecule has 1 aromatic rings. The smallest absolute Gasteiger partial charge is 0.303 e. The number of rotatable bonds is 8. The number of morpholine rings is 1. The van der Waals surface area contributed by atoms with Crippen LogP contribution in [0.5, 0.6) is 5.75 Å². The van der Waals surface area contributed by atoms with Crippen molar-refractivity contribution in [3.05, 3.63) is 28.2 Å². The Balaban J connectivity index is 1.97. The lowest BCUT2D eigenvalue weighted by atomic mass is 10.2. The second-order valence-electron chi connectivity index (χ2n) is 5.80. The zero-order chi connectivity index (χ0) is 16.7. The fraction of sp³-hybridized carbons (Fsp3) is 0.625. The van der Waals surface area contributed by atoms with Crippen LogP contribution in [0.2, 0.25) is 0 Å². The summed E-state index contributed by atoms with van der Waals surface area (Å²) in [6.45, 7) is 4.34. The number of pyridine rings is 1. The molecule has 0 radical (unpaired) electrons. The molecule has 1 aliphatic rings. The molecular weight excluding hydrogens is 300 g/mol. The summed E-state index contributed by atoms with van der Waals surface area (Å²) in [6.07, 6.45) is 3.91. The molecular formula is C16H24N2O5. The van der Waals surface area contributed by atoms with Gasteiger partial charge in [0.1, 0.15) is 0 Å². The summed E-state index contributed by atoms with van der Waals surface area (Å²) in [7, 11) is 0. The molecule has 7 heteroatoms. The highest BCUT2D eigenvalue weighted by Gasteiger charge is 2.14. The van der Waals surface area contributed by atoms with Crippen LogP contribution in [0.25, 0.3) is 0 Å². The molecule has 2 rings (SSSR count). The number of hydrogen-bond acceptors (Lipinski definition) is 5. The molecule has 2 heterocycles. The van der Waals surface area contributed by atoms with Crippen LogP contribution in [0.3, 0.4) is 0 Å². The molecule has 128 valence electrons. The monoisotopic (exact) mass is 324 g/mol. The molecule has 2 N–H and O–H groups in total. The third-order valence-corrected chi connectivity index (χ3v) is 3.98. The molecule has 1 aliphatic heterocycles. The summed E-state index contributed by atoms with van der Waals surface area (Å²) in [5, 5.41) is 18.3. The van der Waals surface area contributed by atoms with Crippen LogP contribution in [-0.2, 0) is 22.6 Å². The fourth-order valence-electron chi connectivity index (χ4n) is 2.67. The SMILES string of the molecule is O=C(O)CCCCCn1cc(O)c(=O)cc1CN1CCOCC1. The lowest BCUT2D eigenvalue weighted by molar-refractivity contribution is -0.137. The van der Waals surface area contributed by atoms with Crippen molar-refractivity contribution in [2.75, 3.05) is 26.3 Å². The molecule has 23 heavy (non-hydrogen) atoms. The normalized spacial score (nSPS) is 15.7. The van der Waals surface area contributed by atoms with E-state index in [0.717, 1.165) is 31.6 Å².